The molecule has 5 aromatic rings. The van der Waals surface area contributed by atoms with Crippen molar-refractivity contribution < 1.29 is 18.7 Å². The average molecular weight is 512 g/mol. The van der Waals surface area contributed by atoms with Crippen LogP contribution in [0.2, 0.25) is 0 Å². The molecule has 1 aliphatic rings. The number of anilines is 1. The molecule has 38 heavy (non-hydrogen) atoms. The maximum absolute atomic E-state index is 13.7. The van der Waals surface area contributed by atoms with Crippen LogP contribution in [0.15, 0.2) is 80.7 Å². The average Bonchev–Trinajstić information content (AvgIpc) is 3.54. The smallest absolute Gasteiger partial charge is 0.332 e. The summed E-state index contributed by atoms with van der Waals surface area (Å²) in [6, 6.07) is 19.9. The number of carbonyl (C=O) groups is 1. The predicted molar refractivity (Wildman–Crippen MR) is 143 cm³/mol. The summed E-state index contributed by atoms with van der Waals surface area (Å²) in [7, 11) is 0. The molecular formula is C29H25N3O6. The Morgan fingerprint density at radius 3 is 2.50 bits per heavy atom. The van der Waals surface area contributed by atoms with E-state index in [1.807, 2.05) is 24.3 Å². The number of furan rings is 1. The summed E-state index contributed by atoms with van der Waals surface area (Å²) in [4.78, 5) is 40.3. The Labute approximate surface area is 216 Å². The molecule has 3 aromatic carbocycles. The summed E-state index contributed by atoms with van der Waals surface area (Å²) in [5, 5.41) is 3.44. The highest BCUT2D eigenvalue weighted by atomic mass is 16.7. The van der Waals surface area contributed by atoms with Crippen LogP contribution in [-0.4, -0.2) is 21.8 Å². The number of aromatic nitrogens is 2. The zero-order valence-corrected chi connectivity index (χ0v) is 20.9. The Kier molecular flexibility index (Phi) is 5.75. The molecule has 0 fully saturated rings. The highest BCUT2D eigenvalue weighted by molar-refractivity contribution is 6.03. The van der Waals surface area contributed by atoms with E-state index in [1.54, 1.807) is 42.5 Å². The molecule has 0 radical (unpaired) electrons. The quantitative estimate of drug-likeness (QED) is 0.361. The summed E-state index contributed by atoms with van der Waals surface area (Å²) < 4.78 is 19.1. The van der Waals surface area contributed by atoms with Crippen LogP contribution in [0, 0.1) is 0 Å². The zero-order chi connectivity index (χ0) is 26.4. The minimum atomic E-state index is -0.614. The highest BCUT2D eigenvalue weighted by Gasteiger charge is 2.22. The molecule has 192 valence electrons. The van der Waals surface area contributed by atoms with E-state index in [-0.39, 0.29) is 25.5 Å². The second-order valence-electron chi connectivity index (χ2n) is 9.55. The van der Waals surface area contributed by atoms with Gasteiger partial charge >= 0.3 is 5.69 Å². The Balaban J connectivity index is 1.42. The van der Waals surface area contributed by atoms with Crippen LogP contribution in [0.5, 0.6) is 11.5 Å². The lowest BCUT2D eigenvalue weighted by molar-refractivity contribution is -0.116. The maximum atomic E-state index is 13.7. The molecular weight excluding hydrogens is 486 g/mol. The SMILES string of the molecule is CC(C)c1ccc(NC(=O)Cn2c(=O)n(Cc3ccc4c(c3)OCO4)c(=O)c3oc4ccccc4c32)cc1. The van der Waals surface area contributed by atoms with Crippen LogP contribution in [0.25, 0.3) is 22.1 Å². The van der Waals surface area contributed by atoms with E-state index < -0.39 is 17.2 Å². The molecule has 0 bridgehead atoms. The molecule has 9 nitrogen and oxygen atoms in total. The van der Waals surface area contributed by atoms with Gasteiger partial charge in [0.1, 0.15) is 17.6 Å². The van der Waals surface area contributed by atoms with Crippen LogP contribution in [0.1, 0.15) is 30.9 Å². The van der Waals surface area contributed by atoms with Gasteiger partial charge in [0.25, 0.3) is 5.56 Å². The number of rotatable bonds is 6. The third-order valence-corrected chi connectivity index (χ3v) is 6.68. The second-order valence-corrected chi connectivity index (χ2v) is 9.55. The molecule has 1 aliphatic heterocycles. The number of ether oxygens (including phenoxy) is 2. The van der Waals surface area contributed by atoms with Gasteiger partial charge < -0.3 is 19.2 Å². The van der Waals surface area contributed by atoms with Gasteiger partial charge in [-0.05, 0) is 53.4 Å². The number of nitrogens with zero attached hydrogens (tertiary/aromatic N) is 2. The Hall–Kier alpha value is -4.79. The lowest BCUT2D eigenvalue weighted by Gasteiger charge is -2.13. The maximum Gasteiger partial charge on any atom is 0.332 e. The normalized spacial score (nSPS) is 12.5. The van der Waals surface area contributed by atoms with Crippen LogP contribution < -0.4 is 26.0 Å². The standard InChI is InChI=1S/C29H25N3O6/c1-17(2)19-8-10-20(11-9-19)30-25(33)15-31-26-21-5-3-4-6-22(21)38-27(26)28(34)32(29(31)35)14-18-7-12-23-24(13-18)37-16-36-23/h3-13,17H,14-16H2,1-2H3,(H,30,33). The number of fused-ring (bicyclic) bond motifs is 4. The highest BCUT2D eigenvalue weighted by Crippen LogP contribution is 2.32. The fourth-order valence-corrected chi connectivity index (χ4v) is 4.70. The fraction of sp³-hybridized carbons (Fsp3) is 0.207. The first-order valence-corrected chi connectivity index (χ1v) is 12.3. The first-order chi connectivity index (χ1) is 18.4. The third kappa shape index (κ3) is 4.11. The van der Waals surface area contributed by atoms with Gasteiger partial charge in [0.05, 0.1) is 6.54 Å². The van der Waals surface area contributed by atoms with Crippen LogP contribution in [0.4, 0.5) is 5.69 Å². The first-order valence-electron chi connectivity index (χ1n) is 12.3. The van der Waals surface area contributed by atoms with E-state index in [0.717, 1.165) is 10.1 Å². The predicted octanol–water partition coefficient (Wildman–Crippen LogP) is 4.45. The van der Waals surface area contributed by atoms with Gasteiger partial charge in [-0.1, -0.05) is 44.2 Å². The van der Waals surface area contributed by atoms with Gasteiger partial charge in [0.2, 0.25) is 18.3 Å². The minimum absolute atomic E-state index is 0.0145. The van der Waals surface area contributed by atoms with Crippen LogP contribution >= 0.6 is 0 Å². The van der Waals surface area contributed by atoms with E-state index in [2.05, 4.69) is 19.2 Å². The van der Waals surface area contributed by atoms with Crippen molar-refractivity contribution in [1.82, 2.24) is 9.13 Å². The molecule has 0 aliphatic carbocycles. The summed E-state index contributed by atoms with van der Waals surface area (Å²) in [5.74, 6) is 1.11. The van der Waals surface area contributed by atoms with E-state index in [0.29, 0.717) is 45.2 Å². The van der Waals surface area contributed by atoms with Gasteiger partial charge in [-0.2, -0.15) is 0 Å². The summed E-state index contributed by atoms with van der Waals surface area (Å²) in [6.45, 7) is 3.98. The topological polar surface area (TPSA) is 105 Å². The molecule has 0 saturated carbocycles. The molecule has 0 spiro atoms. The number of carbonyl (C=O) groups excluding carboxylic acids is 1. The molecule has 1 amide bonds. The van der Waals surface area contributed by atoms with Gasteiger partial charge in [-0.25, -0.2) is 4.79 Å². The van der Waals surface area contributed by atoms with Gasteiger partial charge in [0.15, 0.2) is 11.5 Å². The van der Waals surface area contributed by atoms with E-state index in [9.17, 15) is 14.4 Å². The molecule has 0 unspecified atom stereocenters. The number of nitrogens with one attached hydrogen (secondary N) is 1. The van der Waals surface area contributed by atoms with Crippen LogP contribution in [-0.2, 0) is 17.9 Å². The largest absolute Gasteiger partial charge is 0.454 e. The molecule has 9 heteroatoms. The summed E-state index contributed by atoms with van der Waals surface area (Å²) >= 11 is 0. The molecule has 2 aromatic heterocycles. The van der Waals surface area contributed by atoms with Crippen molar-refractivity contribution in [2.45, 2.75) is 32.9 Å². The number of hydrogen-bond acceptors (Lipinski definition) is 6. The van der Waals surface area contributed by atoms with Crippen molar-refractivity contribution in [3.63, 3.8) is 0 Å². The summed E-state index contributed by atoms with van der Waals surface area (Å²) in [6.07, 6.45) is 0. The Morgan fingerprint density at radius 2 is 1.71 bits per heavy atom. The first kappa shape index (κ1) is 23.6. The van der Waals surface area contributed by atoms with Crippen molar-refractivity contribution in [2.75, 3.05) is 12.1 Å². The fourth-order valence-electron chi connectivity index (χ4n) is 4.70. The molecule has 0 saturated heterocycles. The second kappa shape index (κ2) is 9.26. The van der Waals surface area contributed by atoms with Crippen molar-refractivity contribution in [3.05, 3.63) is 98.7 Å². The molecule has 6 rings (SSSR count). The Morgan fingerprint density at radius 1 is 0.947 bits per heavy atom. The van der Waals surface area contributed by atoms with Gasteiger partial charge in [0, 0.05) is 11.1 Å². The monoisotopic (exact) mass is 511 g/mol. The Bertz CT molecular complexity index is 1810. The minimum Gasteiger partial charge on any atom is -0.454 e. The van der Waals surface area contributed by atoms with Gasteiger partial charge in [-0.15, -0.1) is 0 Å². The lowest BCUT2D eigenvalue weighted by Crippen LogP contribution is -2.41. The van der Waals surface area contributed by atoms with Crippen molar-refractivity contribution in [2.24, 2.45) is 0 Å². The van der Waals surface area contributed by atoms with E-state index in [4.69, 9.17) is 13.9 Å². The number of para-hydroxylation sites is 1. The number of benzene rings is 3. The third-order valence-electron chi connectivity index (χ3n) is 6.68. The van der Waals surface area contributed by atoms with E-state index >= 15 is 0 Å². The molecule has 0 atom stereocenters. The summed E-state index contributed by atoms with van der Waals surface area (Å²) in [5.41, 5.74) is 2.03. The lowest BCUT2D eigenvalue weighted by atomic mass is 10.0. The van der Waals surface area contributed by atoms with Crippen molar-refractivity contribution in [1.29, 1.82) is 0 Å². The number of hydrogen-bond donors (Lipinski definition) is 1. The van der Waals surface area contributed by atoms with Crippen LogP contribution in [0.3, 0.4) is 0 Å². The zero-order valence-electron chi connectivity index (χ0n) is 20.9. The molecule has 1 N–H and O–H groups in total. The number of amides is 1. The molecule has 3 heterocycles. The van der Waals surface area contributed by atoms with Crippen molar-refractivity contribution >= 4 is 33.7 Å². The van der Waals surface area contributed by atoms with E-state index in [1.165, 1.54) is 4.57 Å². The van der Waals surface area contributed by atoms with Crippen molar-refractivity contribution in [3.8, 4) is 11.5 Å². The van der Waals surface area contributed by atoms with Gasteiger partial charge in [-0.3, -0.25) is 18.7 Å².